The molecule has 2 rings (SSSR count). The Kier molecular flexibility index (Phi) is 4.75. The van der Waals surface area contributed by atoms with Gasteiger partial charge in [0.1, 0.15) is 0 Å². The summed E-state index contributed by atoms with van der Waals surface area (Å²) in [6.07, 6.45) is 2.59. The van der Waals surface area contributed by atoms with Crippen LogP contribution < -0.4 is 5.32 Å². The van der Waals surface area contributed by atoms with E-state index in [1.165, 1.54) is 10.6 Å². The molecule has 17 heavy (non-hydrogen) atoms. The monoisotopic (exact) mass is 251 g/mol. The van der Waals surface area contributed by atoms with Crippen LogP contribution in [0.1, 0.15) is 26.7 Å². The van der Waals surface area contributed by atoms with Crippen LogP contribution in [-0.4, -0.2) is 24.5 Å². The maximum atomic E-state index is 5.58. The van der Waals surface area contributed by atoms with E-state index in [1.807, 2.05) is 11.8 Å². The van der Waals surface area contributed by atoms with Crippen LogP contribution >= 0.6 is 11.8 Å². The van der Waals surface area contributed by atoms with Crippen LogP contribution in [0.3, 0.4) is 0 Å². The molecule has 1 aliphatic rings. The maximum Gasteiger partial charge on any atom is 0.0566 e. The summed E-state index contributed by atoms with van der Waals surface area (Å²) in [4.78, 5) is 1.36. The van der Waals surface area contributed by atoms with Gasteiger partial charge >= 0.3 is 0 Å². The number of thioether (sulfide) groups is 1. The van der Waals surface area contributed by atoms with Crippen LogP contribution in [0.5, 0.6) is 0 Å². The lowest BCUT2D eigenvalue weighted by Gasteiger charge is -2.29. The molecule has 2 unspecified atom stereocenters. The molecule has 1 aromatic carbocycles. The van der Waals surface area contributed by atoms with Crippen molar-refractivity contribution in [1.82, 2.24) is 0 Å². The molecule has 0 aliphatic carbocycles. The highest BCUT2D eigenvalue weighted by Gasteiger charge is 2.19. The fourth-order valence-electron chi connectivity index (χ4n) is 2.22. The highest BCUT2D eigenvalue weighted by atomic mass is 32.2. The molecule has 1 aromatic rings. The second kappa shape index (κ2) is 6.31. The minimum absolute atomic E-state index is 0.382. The summed E-state index contributed by atoms with van der Waals surface area (Å²) < 4.78 is 5.58. The molecule has 1 fully saturated rings. The van der Waals surface area contributed by atoms with Crippen molar-refractivity contribution in [3.05, 3.63) is 24.3 Å². The molecule has 2 nitrogen and oxygen atoms in total. The normalized spacial score (nSPS) is 24.6. The Labute approximate surface area is 108 Å². The number of rotatable bonds is 4. The zero-order chi connectivity index (χ0) is 12.1. The third-order valence-electron chi connectivity index (χ3n) is 3.03. The first-order valence-corrected chi connectivity index (χ1v) is 7.38. The van der Waals surface area contributed by atoms with E-state index in [1.54, 1.807) is 0 Å². The van der Waals surface area contributed by atoms with Crippen LogP contribution in [0.15, 0.2) is 29.2 Å². The van der Waals surface area contributed by atoms with Gasteiger partial charge in [0, 0.05) is 23.2 Å². The highest BCUT2D eigenvalue weighted by molar-refractivity contribution is 7.99. The van der Waals surface area contributed by atoms with E-state index in [0.29, 0.717) is 12.1 Å². The number of nitrogens with one attached hydrogen (secondary N) is 1. The summed E-state index contributed by atoms with van der Waals surface area (Å²) >= 11 is 1.90. The maximum absolute atomic E-state index is 5.58. The Morgan fingerprint density at radius 2 is 2.24 bits per heavy atom. The van der Waals surface area contributed by atoms with Gasteiger partial charge in [0.05, 0.1) is 6.10 Å². The topological polar surface area (TPSA) is 21.3 Å². The third kappa shape index (κ3) is 3.65. The highest BCUT2D eigenvalue weighted by Crippen LogP contribution is 2.28. The number of benzene rings is 1. The van der Waals surface area contributed by atoms with Crippen molar-refractivity contribution in [2.24, 2.45) is 0 Å². The van der Waals surface area contributed by atoms with Crippen molar-refractivity contribution < 1.29 is 4.74 Å². The van der Waals surface area contributed by atoms with Gasteiger partial charge in [0.2, 0.25) is 0 Å². The summed E-state index contributed by atoms with van der Waals surface area (Å²) in [5.41, 5.74) is 1.28. The number of hydrogen-bond donors (Lipinski definition) is 1. The van der Waals surface area contributed by atoms with Gasteiger partial charge in [-0.05, 0) is 37.7 Å². The largest absolute Gasteiger partial charge is 0.381 e. The smallest absolute Gasteiger partial charge is 0.0566 e. The molecule has 0 radical (unpaired) electrons. The number of anilines is 1. The predicted molar refractivity (Wildman–Crippen MR) is 74.9 cm³/mol. The van der Waals surface area contributed by atoms with Crippen LogP contribution in [0, 0.1) is 0 Å². The molecule has 1 saturated heterocycles. The molecular weight excluding hydrogens is 230 g/mol. The average molecular weight is 251 g/mol. The lowest BCUT2D eigenvalue weighted by atomic mass is 10.0. The van der Waals surface area contributed by atoms with E-state index in [2.05, 4.69) is 43.4 Å². The van der Waals surface area contributed by atoms with Crippen LogP contribution in [0.25, 0.3) is 0 Å². The molecular formula is C14H21NOS. The number of para-hydroxylation sites is 1. The van der Waals surface area contributed by atoms with Gasteiger partial charge in [-0.3, -0.25) is 0 Å². The lowest BCUT2D eigenvalue weighted by Crippen LogP contribution is -2.32. The van der Waals surface area contributed by atoms with Gasteiger partial charge in [-0.2, -0.15) is 0 Å². The van der Waals surface area contributed by atoms with E-state index < -0.39 is 0 Å². The first-order chi connectivity index (χ1) is 8.29. The first kappa shape index (κ1) is 12.8. The standard InChI is InChI=1S/C14H21NOS/c1-3-17-14-7-5-4-6-13(14)15-12-8-9-16-11(2)10-12/h4-7,11-12,15H,3,8-10H2,1-2H3. The zero-order valence-electron chi connectivity index (χ0n) is 10.6. The molecule has 1 heterocycles. The van der Waals surface area contributed by atoms with E-state index in [9.17, 15) is 0 Å². The van der Waals surface area contributed by atoms with Crippen molar-refractivity contribution in [3.63, 3.8) is 0 Å². The van der Waals surface area contributed by atoms with Gasteiger partial charge < -0.3 is 10.1 Å². The molecule has 0 spiro atoms. The second-order valence-corrected chi connectivity index (χ2v) is 5.78. The predicted octanol–water partition coefficient (Wildman–Crippen LogP) is 3.78. The Bertz CT molecular complexity index is 356. The molecule has 0 saturated carbocycles. The Morgan fingerprint density at radius 1 is 1.41 bits per heavy atom. The van der Waals surface area contributed by atoms with Crippen molar-refractivity contribution in [1.29, 1.82) is 0 Å². The van der Waals surface area contributed by atoms with Crippen molar-refractivity contribution >= 4 is 17.4 Å². The van der Waals surface area contributed by atoms with Crippen LogP contribution in [0.4, 0.5) is 5.69 Å². The Morgan fingerprint density at radius 3 is 3.00 bits per heavy atom. The van der Waals surface area contributed by atoms with E-state index in [0.717, 1.165) is 25.2 Å². The Hall–Kier alpha value is -0.670. The molecule has 2 atom stereocenters. The van der Waals surface area contributed by atoms with Gasteiger partial charge in [0.25, 0.3) is 0 Å². The Balaban J connectivity index is 2.01. The molecule has 0 aromatic heterocycles. The minimum Gasteiger partial charge on any atom is -0.381 e. The molecule has 0 amide bonds. The third-order valence-corrected chi connectivity index (χ3v) is 3.99. The van der Waals surface area contributed by atoms with Crippen molar-refractivity contribution in [3.8, 4) is 0 Å². The quantitative estimate of drug-likeness (QED) is 0.823. The average Bonchev–Trinajstić information content (AvgIpc) is 2.32. The van der Waals surface area contributed by atoms with E-state index >= 15 is 0 Å². The van der Waals surface area contributed by atoms with Crippen LogP contribution in [-0.2, 0) is 4.74 Å². The molecule has 94 valence electrons. The minimum atomic E-state index is 0.382. The number of hydrogen-bond acceptors (Lipinski definition) is 3. The molecule has 3 heteroatoms. The van der Waals surface area contributed by atoms with E-state index in [-0.39, 0.29) is 0 Å². The van der Waals surface area contributed by atoms with Crippen molar-refractivity contribution in [2.45, 2.75) is 43.7 Å². The van der Waals surface area contributed by atoms with Gasteiger partial charge in [-0.15, -0.1) is 11.8 Å². The molecule has 1 N–H and O–H groups in total. The van der Waals surface area contributed by atoms with Gasteiger partial charge in [-0.1, -0.05) is 19.1 Å². The summed E-state index contributed by atoms with van der Waals surface area (Å²) in [7, 11) is 0. The fraction of sp³-hybridized carbons (Fsp3) is 0.571. The SMILES string of the molecule is CCSc1ccccc1NC1CCOC(C)C1. The lowest BCUT2D eigenvalue weighted by molar-refractivity contribution is 0.0232. The molecule has 1 aliphatic heterocycles. The second-order valence-electron chi connectivity index (χ2n) is 4.48. The van der Waals surface area contributed by atoms with Crippen molar-refractivity contribution in [2.75, 3.05) is 17.7 Å². The van der Waals surface area contributed by atoms with Gasteiger partial charge in [-0.25, -0.2) is 0 Å². The van der Waals surface area contributed by atoms with Gasteiger partial charge in [0.15, 0.2) is 0 Å². The van der Waals surface area contributed by atoms with E-state index in [4.69, 9.17) is 4.74 Å². The first-order valence-electron chi connectivity index (χ1n) is 6.39. The summed E-state index contributed by atoms with van der Waals surface area (Å²) in [5, 5.41) is 3.66. The van der Waals surface area contributed by atoms with Crippen LogP contribution in [0.2, 0.25) is 0 Å². The summed E-state index contributed by atoms with van der Waals surface area (Å²) in [6, 6.07) is 9.13. The summed E-state index contributed by atoms with van der Waals surface area (Å²) in [6.45, 7) is 5.22. The molecule has 0 bridgehead atoms. The fourth-order valence-corrected chi connectivity index (χ4v) is 2.98. The number of ether oxygens (including phenoxy) is 1. The summed E-state index contributed by atoms with van der Waals surface area (Å²) in [5.74, 6) is 1.11. The zero-order valence-corrected chi connectivity index (χ0v) is 11.4.